The van der Waals surface area contributed by atoms with Crippen LogP contribution in [0.3, 0.4) is 0 Å². The van der Waals surface area contributed by atoms with Gasteiger partial charge in [0.1, 0.15) is 11.5 Å². The van der Waals surface area contributed by atoms with Gasteiger partial charge in [-0.25, -0.2) is 8.78 Å². The predicted molar refractivity (Wildman–Crippen MR) is 63.8 cm³/mol. The number of nitrogens with two attached hydrogens (primary N) is 1. The maximum Gasteiger partial charge on any atom is 0.162 e. The van der Waals surface area contributed by atoms with Gasteiger partial charge < -0.3 is 15.2 Å². The fourth-order valence-corrected chi connectivity index (χ4v) is 1.41. The summed E-state index contributed by atoms with van der Waals surface area (Å²) in [6.45, 7) is 0. The molecule has 2 aromatic rings. The van der Waals surface area contributed by atoms with Gasteiger partial charge in [-0.05, 0) is 24.3 Å². The van der Waals surface area contributed by atoms with E-state index in [9.17, 15) is 8.78 Å². The summed E-state index contributed by atoms with van der Waals surface area (Å²) in [7, 11) is 1.52. The number of hydrogen-bond donors (Lipinski definition) is 1. The van der Waals surface area contributed by atoms with Gasteiger partial charge in [0.2, 0.25) is 0 Å². The molecule has 0 amide bonds. The van der Waals surface area contributed by atoms with E-state index in [4.69, 9.17) is 15.2 Å². The molecule has 0 spiro atoms. The van der Waals surface area contributed by atoms with E-state index in [1.807, 2.05) is 0 Å². The van der Waals surface area contributed by atoms with Crippen molar-refractivity contribution < 1.29 is 18.3 Å². The summed E-state index contributed by atoms with van der Waals surface area (Å²) in [5, 5.41) is 0. The first-order valence-corrected chi connectivity index (χ1v) is 5.16. The molecule has 0 aliphatic rings. The highest BCUT2D eigenvalue weighted by Crippen LogP contribution is 2.31. The van der Waals surface area contributed by atoms with E-state index in [1.54, 1.807) is 18.2 Å². The van der Waals surface area contributed by atoms with Crippen LogP contribution >= 0.6 is 0 Å². The quantitative estimate of drug-likeness (QED) is 0.851. The average molecular weight is 251 g/mol. The van der Waals surface area contributed by atoms with E-state index in [0.29, 0.717) is 17.2 Å². The number of methoxy groups -OCH3 is 1. The van der Waals surface area contributed by atoms with Crippen LogP contribution in [-0.4, -0.2) is 7.11 Å². The van der Waals surface area contributed by atoms with E-state index in [2.05, 4.69) is 0 Å². The number of benzene rings is 2. The Morgan fingerprint density at radius 3 is 2.28 bits per heavy atom. The summed E-state index contributed by atoms with van der Waals surface area (Å²) < 4.78 is 36.1. The molecule has 0 atom stereocenters. The predicted octanol–water partition coefficient (Wildman–Crippen LogP) is 3.35. The molecular formula is C13H11F2NO2. The third-order valence-corrected chi connectivity index (χ3v) is 2.34. The van der Waals surface area contributed by atoms with E-state index in [1.165, 1.54) is 13.2 Å². The van der Waals surface area contributed by atoms with Gasteiger partial charge in [0, 0.05) is 12.1 Å². The van der Waals surface area contributed by atoms with Gasteiger partial charge in [-0.1, -0.05) is 0 Å². The molecule has 18 heavy (non-hydrogen) atoms. The van der Waals surface area contributed by atoms with Crippen LogP contribution < -0.4 is 15.2 Å². The van der Waals surface area contributed by atoms with Gasteiger partial charge in [0.05, 0.1) is 12.8 Å². The van der Waals surface area contributed by atoms with Crippen molar-refractivity contribution in [1.82, 2.24) is 0 Å². The van der Waals surface area contributed by atoms with Crippen LogP contribution in [-0.2, 0) is 0 Å². The third-order valence-electron chi connectivity index (χ3n) is 2.34. The van der Waals surface area contributed by atoms with Crippen molar-refractivity contribution in [2.24, 2.45) is 0 Å². The maximum absolute atomic E-state index is 13.0. The van der Waals surface area contributed by atoms with Crippen LogP contribution in [0.5, 0.6) is 17.2 Å². The van der Waals surface area contributed by atoms with E-state index in [0.717, 1.165) is 12.1 Å². The Hall–Kier alpha value is -2.30. The molecule has 0 saturated carbocycles. The number of nitrogen functional groups attached to an aromatic ring is 1. The Bertz CT molecular complexity index is 573. The molecule has 0 heterocycles. The van der Waals surface area contributed by atoms with Crippen LogP contribution in [0, 0.1) is 11.6 Å². The molecule has 2 aromatic carbocycles. The van der Waals surface area contributed by atoms with Crippen molar-refractivity contribution in [3.05, 3.63) is 48.0 Å². The lowest BCUT2D eigenvalue weighted by Crippen LogP contribution is -1.94. The van der Waals surface area contributed by atoms with Gasteiger partial charge in [0.15, 0.2) is 17.4 Å². The van der Waals surface area contributed by atoms with Crippen LogP contribution in [0.15, 0.2) is 36.4 Å². The molecule has 5 heteroatoms. The van der Waals surface area contributed by atoms with Gasteiger partial charge in [-0.15, -0.1) is 0 Å². The highest BCUT2D eigenvalue weighted by atomic mass is 19.2. The summed E-state index contributed by atoms with van der Waals surface area (Å²) in [5.41, 5.74) is 6.09. The van der Waals surface area contributed by atoms with Crippen LogP contribution in [0.4, 0.5) is 14.5 Å². The van der Waals surface area contributed by atoms with Crippen LogP contribution in [0.1, 0.15) is 0 Å². The fourth-order valence-electron chi connectivity index (χ4n) is 1.41. The SMILES string of the molecule is COc1ccc(Oc2ccc(F)c(F)c2)c(N)c1. The van der Waals surface area contributed by atoms with E-state index in [-0.39, 0.29) is 5.75 Å². The molecule has 0 aliphatic carbocycles. The van der Waals surface area contributed by atoms with Gasteiger partial charge in [-0.3, -0.25) is 0 Å². The Morgan fingerprint density at radius 1 is 0.944 bits per heavy atom. The minimum absolute atomic E-state index is 0.172. The molecule has 94 valence electrons. The molecule has 3 nitrogen and oxygen atoms in total. The molecule has 0 bridgehead atoms. The third kappa shape index (κ3) is 2.51. The molecule has 0 aliphatic heterocycles. The maximum atomic E-state index is 13.0. The zero-order chi connectivity index (χ0) is 13.1. The van der Waals surface area contributed by atoms with Crippen molar-refractivity contribution >= 4 is 5.69 Å². The first-order chi connectivity index (χ1) is 8.60. The molecule has 0 fully saturated rings. The van der Waals surface area contributed by atoms with Crippen LogP contribution in [0.2, 0.25) is 0 Å². The normalized spacial score (nSPS) is 10.2. The van der Waals surface area contributed by atoms with E-state index >= 15 is 0 Å². The number of hydrogen-bond acceptors (Lipinski definition) is 3. The first kappa shape index (κ1) is 12.2. The van der Waals surface area contributed by atoms with E-state index < -0.39 is 11.6 Å². The smallest absolute Gasteiger partial charge is 0.162 e. The van der Waals surface area contributed by atoms with Crippen molar-refractivity contribution in [3.63, 3.8) is 0 Å². The zero-order valence-corrected chi connectivity index (χ0v) is 9.61. The Kier molecular flexibility index (Phi) is 3.32. The Balaban J connectivity index is 2.25. The summed E-state index contributed by atoms with van der Waals surface area (Å²) in [6.07, 6.45) is 0. The lowest BCUT2D eigenvalue weighted by Gasteiger charge is -2.09. The Morgan fingerprint density at radius 2 is 1.67 bits per heavy atom. The van der Waals surface area contributed by atoms with Gasteiger partial charge >= 0.3 is 0 Å². The number of rotatable bonds is 3. The topological polar surface area (TPSA) is 44.5 Å². The van der Waals surface area contributed by atoms with Crippen molar-refractivity contribution in [3.8, 4) is 17.2 Å². The molecular weight excluding hydrogens is 240 g/mol. The zero-order valence-electron chi connectivity index (χ0n) is 9.61. The molecule has 2 rings (SSSR count). The molecule has 0 unspecified atom stereocenters. The highest BCUT2D eigenvalue weighted by molar-refractivity contribution is 5.57. The fraction of sp³-hybridized carbons (Fsp3) is 0.0769. The highest BCUT2D eigenvalue weighted by Gasteiger charge is 2.07. The second-order valence-electron chi connectivity index (χ2n) is 3.58. The second-order valence-corrected chi connectivity index (χ2v) is 3.58. The van der Waals surface area contributed by atoms with Gasteiger partial charge in [-0.2, -0.15) is 0 Å². The Labute approximate surface area is 103 Å². The molecule has 0 saturated heterocycles. The first-order valence-electron chi connectivity index (χ1n) is 5.16. The molecule has 0 radical (unpaired) electrons. The van der Waals surface area contributed by atoms with Crippen LogP contribution in [0.25, 0.3) is 0 Å². The standard InChI is InChI=1S/C13H11F2NO2/c1-17-8-3-5-13(12(16)7-8)18-9-2-4-10(14)11(15)6-9/h2-7H,16H2,1H3. The number of ether oxygens (including phenoxy) is 2. The molecule has 0 aromatic heterocycles. The van der Waals surface area contributed by atoms with Gasteiger partial charge in [0.25, 0.3) is 0 Å². The van der Waals surface area contributed by atoms with Crippen molar-refractivity contribution in [1.29, 1.82) is 0 Å². The minimum Gasteiger partial charge on any atom is -0.497 e. The lowest BCUT2D eigenvalue weighted by molar-refractivity contribution is 0.413. The monoisotopic (exact) mass is 251 g/mol. The summed E-state index contributed by atoms with van der Waals surface area (Å²) >= 11 is 0. The van der Waals surface area contributed by atoms with Crippen molar-refractivity contribution in [2.75, 3.05) is 12.8 Å². The summed E-state index contributed by atoms with van der Waals surface area (Å²) in [6, 6.07) is 8.10. The summed E-state index contributed by atoms with van der Waals surface area (Å²) in [5.74, 6) is -0.789. The van der Waals surface area contributed by atoms with Crippen molar-refractivity contribution in [2.45, 2.75) is 0 Å². The molecule has 2 N–H and O–H groups in total. The number of anilines is 1. The lowest BCUT2D eigenvalue weighted by atomic mass is 10.2. The second kappa shape index (κ2) is 4.91. The average Bonchev–Trinajstić information content (AvgIpc) is 2.36. The number of halogens is 2. The summed E-state index contributed by atoms with van der Waals surface area (Å²) in [4.78, 5) is 0. The largest absolute Gasteiger partial charge is 0.497 e. The minimum atomic E-state index is -0.973.